The van der Waals surface area contributed by atoms with E-state index in [-0.39, 0.29) is 29.4 Å². The molecule has 4 rings (SSSR count). The summed E-state index contributed by atoms with van der Waals surface area (Å²) in [7, 11) is 0. The summed E-state index contributed by atoms with van der Waals surface area (Å²) in [6.07, 6.45) is 3.02. The predicted molar refractivity (Wildman–Crippen MR) is 108 cm³/mol. The molecule has 152 valence electrons. The monoisotopic (exact) mass is 460 g/mol. The van der Waals surface area contributed by atoms with E-state index >= 15 is 0 Å². The minimum atomic E-state index is -1.67. The van der Waals surface area contributed by atoms with Crippen molar-refractivity contribution in [1.29, 1.82) is 0 Å². The second-order valence-electron chi connectivity index (χ2n) is 7.31. The van der Waals surface area contributed by atoms with Crippen molar-refractivity contribution in [1.82, 2.24) is 5.32 Å². The molecule has 1 atom stereocenters. The molecule has 2 aliphatic heterocycles. The largest absolute Gasteiger partial charge is 0.462 e. The van der Waals surface area contributed by atoms with Gasteiger partial charge in [0.1, 0.15) is 16.7 Å². The first kappa shape index (κ1) is 19.7. The summed E-state index contributed by atoms with van der Waals surface area (Å²) >= 11 is 3.42. The minimum absolute atomic E-state index is 0.128. The summed E-state index contributed by atoms with van der Waals surface area (Å²) in [5.41, 5.74) is 5.59. The molecular formula is C21H21BrN2O5. The van der Waals surface area contributed by atoms with E-state index in [0.717, 1.165) is 6.42 Å². The van der Waals surface area contributed by atoms with Gasteiger partial charge in [-0.2, -0.15) is 0 Å². The van der Waals surface area contributed by atoms with Crippen LogP contribution in [0.3, 0.4) is 0 Å². The van der Waals surface area contributed by atoms with Gasteiger partial charge in [0, 0.05) is 27.7 Å². The Labute approximate surface area is 176 Å². The van der Waals surface area contributed by atoms with Gasteiger partial charge in [-0.25, -0.2) is 4.79 Å². The third kappa shape index (κ3) is 2.88. The quantitative estimate of drug-likeness (QED) is 0.528. The molecule has 0 saturated heterocycles. The van der Waals surface area contributed by atoms with Gasteiger partial charge >= 0.3 is 5.97 Å². The second kappa shape index (κ2) is 7.33. The Morgan fingerprint density at radius 3 is 2.90 bits per heavy atom. The number of halogens is 1. The van der Waals surface area contributed by atoms with E-state index in [1.807, 2.05) is 6.92 Å². The minimum Gasteiger partial charge on any atom is -0.462 e. The van der Waals surface area contributed by atoms with Crippen LogP contribution in [-0.2, 0) is 24.5 Å². The maximum atomic E-state index is 13.5. The zero-order valence-corrected chi connectivity index (χ0v) is 17.6. The Kier molecular flexibility index (Phi) is 4.98. The van der Waals surface area contributed by atoms with Crippen LogP contribution in [0, 0.1) is 0 Å². The topological polar surface area (TPSA) is 108 Å². The van der Waals surface area contributed by atoms with Crippen LogP contribution in [0.1, 0.15) is 44.6 Å². The summed E-state index contributed by atoms with van der Waals surface area (Å²) in [5, 5.41) is 2.83. The van der Waals surface area contributed by atoms with Crippen LogP contribution in [0.15, 0.2) is 45.4 Å². The number of allylic oxidation sites excluding steroid dienone is 1. The summed E-state index contributed by atoms with van der Waals surface area (Å²) < 4.78 is 11.8. The SMILES string of the molecule is CCCCOC(=O)C1=C(N)Oc2ccc(Br)cc2[C@]12C(=O)NC1=C2C(=O)CCC1. The number of fused-ring (bicyclic) bond motifs is 3. The molecule has 0 radical (unpaired) electrons. The van der Waals surface area contributed by atoms with Crippen LogP contribution in [0.2, 0.25) is 0 Å². The lowest BCUT2D eigenvalue weighted by Crippen LogP contribution is -2.48. The number of nitrogens with one attached hydrogen (secondary N) is 1. The molecule has 3 N–H and O–H groups in total. The number of hydrogen-bond acceptors (Lipinski definition) is 6. The number of hydrogen-bond donors (Lipinski definition) is 2. The number of benzene rings is 1. The average molecular weight is 461 g/mol. The molecule has 1 aromatic carbocycles. The van der Waals surface area contributed by atoms with E-state index in [4.69, 9.17) is 15.2 Å². The van der Waals surface area contributed by atoms with Gasteiger partial charge in [0.05, 0.1) is 6.61 Å². The summed E-state index contributed by atoms with van der Waals surface area (Å²) in [6, 6.07) is 5.10. The third-order valence-corrected chi connectivity index (χ3v) is 6.01. The molecule has 1 amide bonds. The zero-order valence-electron chi connectivity index (χ0n) is 16.0. The van der Waals surface area contributed by atoms with Gasteiger partial charge in [-0.1, -0.05) is 29.3 Å². The molecule has 29 heavy (non-hydrogen) atoms. The molecule has 1 aliphatic carbocycles. The smallest absolute Gasteiger partial charge is 0.341 e. The third-order valence-electron chi connectivity index (χ3n) is 5.51. The van der Waals surface area contributed by atoms with Gasteiger partial charge in [0.25, 0.3) is 0 Å². The van der Waals surface area contributed by atoms with Crippen molar-refractivity contribution in [3.8, 4) is 5.75 Å². The van der Waals surface area contributed by atoms with Gasteiger partial charge in [-0.05, 0) is 37.5 Å². The normalized spacial score (nSPS) is 23.0. The molecule has 3 aliphatic rings. The van der Waals surface area contributed by atoms with Gasteiger partial charge in [0.2, 0.25) is 11.8 Å². The van der Waals surface area contributed by atoms with Gasteiger partial charge in [-0.15, -0.1) is 0 Å². The van der Waals surface area contributed by atoms with Gasteiger partial charge < -0.3 is 20.5 Å². The van der Waals surface area contributed by atoms with E-state index in [2.05, 4.69) is 21.2 Å². The Morgan fingerprint density at radius 2 is 2.14 bits per heavy atom. The molecule has 2 heterocycles. The fourth-order valence-electron chi connectivity index (χ4n) is 4.25. The van der Waals surface area contributed by atoms with Crippen molar-refractivity contribution in [3.05, 3.63) is 51.0 Å². The highest BCUT2D eigenvalue weighted by atomic mass is 79.9. The van der Waals surface area contributed by atoms with Crippen LogP contribution in [0.5, 0.6) is 5.75 Å². The number of carbonyl (C=O) groups excluding carboxylic acids is 3. The van der Waals surface area contributed by atoms with Crippen molar-refractivity contribution in [2.45, 2.75) is 44.4 Å². The maximum absolute atomic E-state index is 13.5. The highest BCUT2D eigenvalue weighted by molar-refractivity contribution is 9.10. The molecule has 0 bridgehead atoms. The first-order valence-electron chi connectivity index (χ1n) is 9.64. The van der Waals surface area contributed by atoms with E-state index < -0.39 is 17.3 Å². The molecule has 7 nitrogen and oxygen atoms in total. The molecule has 0 aromatic heterocycles. The lowest BCUT2D eigenvalue weighted by atomic mass is 9.65. The van der Waals surface area contributed by atoms with Crippen molar-refractivity contribution in [3.63, 3.8) is 0 Å². The number of amides is 1. The van der Waals surface area contributed by atoms with Crippen LogP contribution >= 0.6 is 15.9 Å². The van der Waals surface area contributed by atoms with Gasteiger partial charge in [-0.3, -0.25) is 9.59 Å². The Hall–Kier alpha value is -2.61. The first-order valence-corrected chi connectivity index (χ1v) is 10.4. The Bertz CT molecular complexity index is 997. The molecule has 0 saturated carbocycles. The second-order valence-corrected chi connectivity index (χ2v) is 8.22. The molecule has 1 spiro atoms. The predicted octanol–water partition coefficient (Wildman–Crippen LogP) is 2.73. The number of ether oxygens (including phenoxy) is 2. The first-order chi connectivity index (χ1) is 13.9. The van der Waals surface area contributed by atoms with Crippen LogP contribution < -0.4 is 15.8 Å². The van der Waals surface area contributed by atoms with Crippen LogP contribution in [0.25, 0.3) is 0 Å². The molecule has 0 unspecified atom stereocenters. The Balaban J connectivity index is 1.97. The van der Waals surface area contributed by atoms with Crippen molar-refractivity contribution < 1.29 is 23.9 Å². The van der Waals surface area contributed by atoms with Gasteiger partial charge in [0.15, 0.2) is 5.78 Å². The van der Waals surface area contributed by atoms with Crippen molar-refractivity contribution in [2.75, 3.05) is 6.61 Å². The highest BCUT2D eigenvalue weighted by Crippen LogP contribution is 2.53. The standard InChI is InChI=1S/C21H21BrN2O5/c1-2-3-9-28-19(26)17-18(23)29-15-8-7-11(22)10-12(15)21(17)16-13(24-20(21)27)5-4-6-14(16)25/h7-8,10H,2-6,9,23H2,1H3,(H,24,27)/t21-/m1/s1. The number of unbranched alkanes of at least 4 members (excludes halogenated alkanes) is 1. The van der Waals surface area contributed by atoms with E-state index in [1.165, 1.54) is 0 Å². The number of rotatable bonds is 4. The van der Waals surface area contributed by atoms with Crippen molar-refractivity contribution >= 4 is 33.6 Å². The van der Waals surface area contributed by atoms with Crippen LogP contribution in [-0.4, -0.2) is 24.3 Å². The average Bonchev–Trinajstić information content (AvgIpc) is 2.96. The number of carbonyl (C=O) groups is 3. The van der Waals surface area contributed by atoms with E-state index in [0.29, 0.717) is 47.2 Å². The number of esters is 1. The number of Topliss-reactive ketones (excluding diaryl/α,β-unsaturated/α-hetero) is 1. The maximum Gasteiger partial charge on any atom is 0.341 e. The fraction of sp³-hybridized carbons (Fsp3) is 0.381. The summed E-state index contributed by atoms with van der Waals surface area (Å²) in [5.74, 6) is -1.29. The summed E-state index contributed by atoms with van der Waals surface area (Å²) in [4.78, 5) is 39.6. The van der Waals surface area contributed by atoms with E-state index in [9.17, 15) is 14.4 Å². The fourth-order valence-corrected chi connectivity index (χ4v) is 4.61. The van der Waals surface area contributed by atoms with Crippen molar-refractivity contribution in [2.24, 2.45) is 5.73 Å². The van der Waals surface area contributed by atoms with E-state index in [1.54, 1.807) is 18.2 Å². The molecule has 1 aromatic rings. The van der Waals surface area contributed by atoms with Crippen LogP contribution in [0.4, 0.5) is 0 Å². The summed E-state index contributed by atoms with van der Waals surface area (Å²) in [6.45, 7) is 2.16. The molecule has 0 fully saturated rings. The molecular weight excluding hydrogens is 440 g/mol. The zero-order chi connectivity index (χ0) is 20.8. The highest BCUT2D eigenvalue weighted by Gasteiger charge is 2.61. The lowest BCUT2D eigenvalue weighted by molar-refractivity contribution is -0.141. The lowest BCUT2D eigenvalue weighted by Gasteiger charge is -2.37. The Morgan fingerprint density at radius 1 is 1.34 bits per heavy atom. The number of nitrogens with two attached hydrogens (primary N) is 1. The number of ketones is 1. The molecule has 8 heteroatoms.